The molecule has 6 aliphatic rings. The number of carbonyl (C=O) groups excluding carboxylic acids is 1. The molecule has 0 bridgehead atoms. The van der Waals surface area contributed by atoms with Crippen LogP contribution < -0.4 is 0 Å². The Bertz CT molecular complexity index is 907. The highest BCUT2D eigenvalue weighted by molar-refractivity contribution is 5.85. The van der Waals surface area contributed by atoms with E-state index in [1.54, 1.807) is 13.0 Å². The third kappa shape index (κ3) is 3.67. The van der Waals surface area contributed by atoms with Crippen LogP contribution in [0.5, 0.6) is 0 Å². The van der Waals surface area contributed by atoms with Gasteiger partial charge in [-0.1, -0.05) is 13.8 Å². The van der Waals surface area contributed by atoms with E-state index in [1.165, 1.54) is 0 Å². The summed E-state index contributed by atoms with van der Waals surface area (Å²) >= 11 is 0. The summed E-state index contributed by atoms with van der Waals surface area (Å²) in [4.78, 5) is 11.8. The standard InChI is InChI=1S/C29H44O7/c1-16-26(32)23(30)14-25(35-16)36-19-6-9-27(2)18(13-19)4-5-22-21(27)7-10-28(3)20(8-11-29(22,28)33)17-12-24(31)34-15-17/h12,16,18-23,25-26,30,32-33H,4-11,13-15H2,1-3H3/t16-,18+,19-,20+,21-,22+,23-,25-,26-,27-,28+,29-/m0/s1. The fourth-order valence-electron chi connectivity index (χ4n) is 9.82. The molecule has 12 atom stereocenters. The van der Waals surface area contributed by atoms with Crippen molar-refractivity contribution >= 4 is 5.97 Å². The molecule has 36 heavy (non-hydrogen) atoms. The molecule has 0 aromatic carbocycles. The molecule has 5 fully saturated rings. The van der Waals surface area contributed by atoms with Gasteiger partial charge in [0.25, 0.3) is 0 Å². The zero-order valence-corrected chi connectivity index (χ0v) is 22.0. The fourth-order valence-corrected chi connectivity index (χ4v) is 9.82. The van der Waals surface area contributed by atoms with Gasteiger partial charge < -0.3 is 29.5 Å². The van der Waals surface area contributed by atoms with Gasteiger partial charge in [0.1, 0.15) is 12.7 Å². The van der Waals surface area contributed by atoms with Crippen molar-refractivity contribution < 1.29 is 34.3 Å². The molecule has 3 N–H and O–H groups in total. The lowest BCUT2D eigenvalue weighted by atomic mass is 9.43. The van der Waals surface area contributed by atoms with E-state index < -0.39 is 30.2 Å². The first-order valence-electron chi connectivity index (χ1n) is 14.3. The summed E-state index contributed by atoms with van der Waals surface area (Å²) in [7, 11) is 0. The molecule has 202 valence electrons. The molecule has 7 heteroatoms. The van der Waals surface area contributed by atoms with Gasteiger partial charge in [0.15, 0.2) is 6.29 Å². The van der Waals surface area contributed by atoms with Gasteiger partial charge in [-0.2, -0.15) is 0 Å². The number of carbonyl (C=O) groups is 1. The molecule has 2 heterocycles. The van der Waals surface area contributed by atoms with E-state index in [0.29, 0.717) is 30.8 Å². The highest BCUT2D eigenvalue weighted by atomic mass is 16.7. The second kappa shape index (κ2) is 8.77. The summed E-state index contributed by atoms with van der Waals surface area (Å²) in [6, 6.07) is 0. The van der Waals surface area contributed by atoms with Crippen molar-refractivity contribution in [2.45, 2.75) is 121 Å². The van der Waals surface area contributed by atoms with Crippen LogP contribution in [0.2, 0.25) is 0 Å². The lowest BCUT2D eigenvalue weighted by Gasteiger charge is -2.63. The Balaban J connectivity index is 1.15. The van der Waals surface area contributed by atoms with Gasteiger partial charge in [-0.15, -0.1) is 0 Å². The Kier molecular flexibility index (Phi) is 6.16. The van der Waals surface area contributed by atoms with Crippen LogP contribution in [0.1, 0.15) is 85.0 Å². The lowest BCUT2D eigenvalue weighted by Crippen LogP contribution is -2.62. The molecular formula is C29H44O7. The van der Waals surface area contributed by atoms with Crippen molar-refractivity contribution in [3.8, 4) is 0 Å². The smallest absolute Gasteiger partial charge is 0.331 e. The van der Waals surface area contributed by atoms with E-state index in [9.17, 15) is 20.1 Å². The zero-order chi connectivity index (χ0) is 25.5. The Labute approximate surface area is 214 Å². The SMILES string of the molecule is C[C@@H]1O[C@@H](O[C@H]2CC[C@@]3(C)[C@H](CC[C@@H]4[C@@H]3CC[C@]3(C)[C@@H](C5=CC(=O)OC5)CC[C@]43O)C2)C[C@H](O)[C@H]1O. The maximum atomic E-state index is 12.4. The quantitative estimate of drug-likeness (QED) is 0.399. The van der Waals surface area contributed by atoms with Crippen LogP contribution in [0.4, 0.5) is 0 Å². The van der Waals surface area contributed by atoms with Crippen LogP contribution in [0.25, 0.3) is 0 Å². The molecule has 0 spiro atoms. The second-order valence-corrected chi connectivity index (χ2v) is 13.4. The predicted molar refractivity (Wildman–Crippen MR) is 132 cm³/mol. The molecule has 7 nitrogen and oxygen atoms in total. The molecule has 2 aliphatic heterocycles. The first kappa shape index (κ1) is 25.3. The van der Waals surface area contributed by atoms with Crippen molar-refractivity contribution in [2.75, 3.05) is 6.61 Å². The van der Waals surface area contributed by atoms with Crippen LogP contribution in [-0.4, -0.2) is 64.2 Å². The van der Waals surface area contributed by atoms with E-state index in [2.05, 4.69) is 13.8 Å². The summed E-state index contributed by atoms with van der Waals surface area (Å²) in [5.74, 6) is 1.37. The van der Waals surface area contributed by atoms with Crippen LogP contribution in [-0.2, 0) is 19.0 Å². The van der Waals surface area contributed by atoms with Crippen molar-refractivity contribution in [3.63, 3.8) is 0 Å². The van der Waals surface area contributed by atoms with Crippen molar-refractivity contribution in [2.24, 2.45) is 34.5 Å². The third-order valence-electron chi connectivity index (χ3n) is 12.0. The zero-order valence-electron chi connectivity index (χ0n) is 22.0. The Hall–Kier alpha value is -0.990. The maximum Gasteiger partial charge on any atom is 0.331 e. The Morgan fingerprint density at radius 3 is 2.53 bits per heavy atom. The highest BCUT2D eigenvalue weighted by Crippen LogP contribution is 2.70. The predicted octanol–water partition coefficient (Wildman–Crippen LogP) is 3.49. The lowest BCUT2D eigenvalue weighted by molar-refractivity contribution is -0.270. The van der Waals surface area contributed by atoms with Gasteiger partial charge in [-0.25, -0.2) is 4.79 Å². The number of hydrogen-bond acceptors (Lipinski definition) is 7. The van der Waals surface area contributed by atoms with E-state index in [-0.39, 0.29) is 28.8 Å². The van der Waals surface area contributed by atoms with Gasteiger partial charge >= 0.3 is 5.97 Å². The molecule has 0 aromatic heterocycles. The molecule has 0 radical (unpaired) electrons. The van der Waals surface area contributed by atoms with Crippen LogP contribution in [0.15, 0.2) is 11.6 Å². The van der Waals surface area contributed by atoms with E-state index in [4.69, 9.17) is 14.2 Å². The van der Waals surface area contributed by atoms with E-state index in [1.807, 2.05) is 0 Å². The number of aliphatic hydroxyl groups is 3. The number of fused-ring (bicyclic) bond motifs is 5. The maximum absolute atomic E-state index is 12.4. The number of rotatable bonds is 3. The van der Waals surface area contributed by atoms with Crippen molar-refractivity contribution in [1.82, 2.24) is 0 Å². The molecule has 0 aromatic rings. The summed E-state index contributed by atoms with van der Waals surface area (Å²) < 4.78 is 17.4. The van der Waals surface area contributed by atoms with Crippen LogP contribution >= 0.6 is 0 Å². The Morgan fingerprint density at radius 2 is 1.81 bits per heavy atom. The van der Waals surface area contributed by atoms with Gasteiger partial charge in [0, 0.05) is 17.9 Å². The van der Waals surface area contributed by atoms with Gasteiger partial charge in [0.05, 0.1) is 23.9 Å². The minimum Gasteiger partial charge on any atom is -0.458 e. The number of esters is 1. The van der Waals surface area contributed by atoms with Crippen LogP contribution in [0.3, 0.4) is 0 Å². The third-order valence-corrected chi connectivity index (χ3v) is 12.0. The molecule has 6 rings (SSSR count). The molecule has 1 saturated heterocycles. The minimum absolute atomic E-state index is 0.110. The van der Waals surface area contributed by atoms with E-state index >= 15 is 0 Å². The number of ether oxygens (including phenoxy) is 3. The summed E-state index contributed by atoms with van der Waals surface area (Å²) in [6.45, 7) is 6.92. The minimum atomic E-state index is -0.856. The van der Waals surface area contributed by atoms with Crippen LogP contribution in [0, 0.1) is 34.5 Å². The summed E-state index contributed by atoms with van der Waals surface area (Å²) in [5.41, 5.74) is 0.404. The molecule has 0 unspecified atom stereocenters. The molecule has 0 amide bonds. The fraction of sp³-hybridized carbons (Fsp3) is 0.897. The van der Waals surface area contributed by atoms with Gasteiger partial charge in [-0.3, -0.25) is 0 Å². The van der Waals surface area contributed by atoms with Gasteiger partial charge in [-0.05, 0) is 99.4 Å². The van der Waals surface area contributed by atoms with E-state index in [0.717, 1.165) is 63.4 Å². The monoisotopic (exact) mass is 504 g/mol. The molecule has 4 aliphatic carbocycles. The largest absolute Gasteiger partial charge is 0.458 e. The second-order valence-electron chi connectivity index (χ2n) is 13.4. The average molecular weight is 505 g/mol. The van der Waals surface area contributed by atoms with Crippen molar-refractivity contribution in [1.29, 1.82) is 0 Å². The van der Waals surface area contributed by atoms with Gasteiger partial charge in [0.2, 0.25) is 0 Å². The normalized spacial score (nSPS) is 54.8. The molecule has 4 saturated carbocycles. The average Bonchev–Trinajstić information content (AvgIpc) is 3.37. The number of hydrogen-bond donors (Lipinski definition) is 3. The van der Waals surface area contributed by atoms with Crippen molar-refractivity contribution in [3.05, 3.63) is 11.6 Å². The topological polar surface area (TPSA) is 105 Å². The Morgan fingerprint density at radius 1 is 1.00 bits per heavy atom. The highest BCUT2D eigenvalue weighted by Gasteiger charge is 2.67. The molecular weight excluding hydrogens is 460 g/mol. The summed E-state index contributed by atoms with van der Waals surface area (Å²) in [5, 5.41) is 32.5. The number of aliphatic hydroxyl groups excluding tert-OH is 2. The first-order valence-corrected chi connectivity index (χ1v) is 14.3. The first-order chi connectivity index (χ1) is 17.0. The number of cyclic esters (lactones) is 1. The summed E-state index contributed by atoms with van der Waals surface area (Å²) in [6.07, 6.45) is 8.64.